The van der Waals surface area contributed by atoms with Crippen molar-refractivity contribution in [2.24, 2.45) is 0 Å². The zero-order valence-electron chi connectivity index (χ0n) is 16.5. The molecule has 2 aliphatic rings. The Morgan fingerprint density at radius 3 is 2.16 bits per heavy atom. The number of carbonyl (C=O) groups excluding carboxylic acids is 2. The molecule has 0 bridgehead atoms. The second kappa shape index (κ2) is 6.77. The molecule has 0 amide bonds. The molecule has 0 aromatic heterocycles. The second-order valence-corrected chi connectivity index (χ2v) is 7.43. The number of carbonyl (C=O) groups is 2. The maximum atomic E-state index is 13.0. The van der Waals surface area contributed by atoms with Crippen LogP contribution in [-0.2, 0) is 15.1 Å². The molecular weight excluding hydrogens is 400 g/mol. The summed E-state index contributed by atoms with van der Waals surface area (Å²) in [5.74, 6) is -0.552. The van der Waals surface area contributed by atoms with E-state index in [4.69, 9.17) is 14.2 Å². The Morgan fingerprint density at radius 2 is 1.55 bits per heavy atom. The van der Waals surface area contributed by atoms with E-state index in [1.807, 2.05) is 6.92 Å². The topological polar surface area (TPSA) is 102 Å². The van der Waals surface area contributed by atoms with Crippen LogP contribution in [0.3, 0.4) is 0 Å². The van der Waals surface area contributed by atoms with Gasteiger partial charge in [-0.15, -0.1) is 0 Å². The normalized spacial score (nSPS) is 14.8. The number of phenols is 2. The standard InChI is InChI=1S/C24H18O7/c1-2-9-29-22(27)13-3-6-17-16(10-13)23(28)31-24(17)18-7-4-14(25)11-20(18)30-21-12-15(26)5-8-19(21)24/h3-8,10-12,25-26H,2,9H2,1H3. The van der Waals surface area contributed by atoms with Crippen molar-refractivity contribution in [1.29, 1.82) is 0 Å². The molecule has 5 rings (SSSR count). The first kappa shape index (κ1) is 19.0. The first-order valence-corrected chi connectivity index (χ1v) is 9.84. The van der Waals surface area contributed by atoms with Gasteiger partial charge in [0.1, 0.15) is 23.0 Å². The summed E-state index contributed by atoms with van der Waals surface area (Å²) in [6.45, 7) is 2.18. The van der Waals surface area contributed by atoms with Crippen LogP contribution in [0.4, 0.5) is 0 Å². The van der Waals surface area contributed by atoms with Gasteiger partial charge in [0.2, 0.25) is 0 Å². The fraction of sp³-hybridized carbons (Fsp3) is 0.167. The molecule has 0 saturated carbocycles. The third-order valence-corrected chi connectivity index (χ3v) is 5.45. The van der Waals surface area contributed by atoms with Crippen molar-refractivity contribution in [2.45, 2.75) is 18.9 Å². The lowest BCUT2D eigenvalue weighted by atomic mass is 9.77. The Hall–Kier alpha value is -4.00. The summed E-state index contributed by atoms with van der Waals surface area (Å²) in [4.78, 5) is 25.3. The van der Waals surface area contributed by atoms with Crippen LogP contribution < -0.4 is 4.74 Å². The van der Waals surface area contributed by atoms with E-state index in [0.29, 0.717) is 34.6 Å². The summed E-state index contributed by atoms with van der Waals surface area (Å²) in [5, 5.41) is 19.9. The number of hydrogen-bond acceptors (Lipinski definition) is 7. The minimum atomic E-state index is -1.34. The fourth-order valence-corrected chi connectivity index (χ4v) is 4.11. The van der Waals surface area contributed by atoms with E-state index in [1.165, 1.54) is 30.3 Å². The Labute approximate surface area is 177 Å². The van der Waals surface area contributed by atoms with Gasteiger partial charge in [-0.2, -0.15) is 0 Å². The lowest BCUT2D eigenvalue weighted by Crippen LogP contribution is -2.32. The van der Waals surface area contributed by atoms with Crippen LogP contribution in [0, 0.1) is 0 Å². The molecule has 31 heavy (non-hydrogen) atoms. The van der Waals surface area contributed by atoms with Gasteiger partial charge >= 0.3 is 11.9 Å². The van der Waals surface area contributed by atoms with Crippen LogP contribution in [0.15, 0.2) is 54.6 Å². The van der Waals surface area contributed by atoms with Crippen molar-refractivity contribution in [3.8, 4) is 23.0 Å². The van der Waals surface area contributed by atoms with E-state index in [0.717, 1.165) is 0 Å². The van der Waals surface area contributed by atoms with Crippen LogP contribution in [0.25, 0.3) is 0 Å². The third-order valence-electron chi connectivity index (χ3n) is 5.45. The lowest BCUT2D eigenvalue weighted by Gasteiger charge is -2.36. The predicted molar refractivity (Wildman–Crippen MR) is 109 cm³/mol. The van der Waals surface area contributed by atoms with E-state index in [9.17, 15) is 19.8 Å². The summed E-state index contributed by atoms with van der Waals surface area (Å²) in [5.41, 5.74) is 0.735. The summed E-state index contributed by atoms with van der Waals surface area (Å²) in [7, 11) is 0. The van der Waals surface area contributed by atoms with E-state index in [2.05, 4.69) is 0 Å². The zero-order chi connectivity index (χ0) is 21.8. The van der Waals surface area contributed by atoms with Gasteiger partial charge in [-0.05, 0) is 42.8 Å². The Bertz CT molecular complexity index is 1190. The van der Waals surface area contributed by atoms with Gasteiger partial charge in [0.05, 0.1) is 17.7 Å². The van der Waals surface area contributed by atoms with E-state index in [1.54, 1.807) is 24.3 Å². The minimum absolute atomic E-state index is 0.0175. The van der Waals surface area contributed by atoms with Crippen molar-refractivity contribution in [3.05, 3.63) is 82.4 Å². The molecule has 1 spiro atoms. The van der Waals surface area contributed by atoms with Gasteiger partial charge in [0.15, 0.2) is 5.60 Å². The van der Waals surface area contributed by atoms with Crippen LogP contribution in [0.5, 0.6) is 23.0 Å². The van der Waals surface area contributed by atoms with Crippen LogP contribution in [0.2, 0.25) is 0 Å². The van der Waals surface area contributed by atoms with Crippen molar-refractivity contribution in [1.82, 2.24) is 0 Å². The molecule has 2 N–H and O–H groups in total. The maximum absolute atomic E-state index is 13.0. The van der Waals surface area contributed by atoms with Crippen LogP contribution >= 0.6 is 0 Å². The molecule has 0 atom stereocenters. The van der Waals surface area contributed by atoms with Gasteiger partial charge < -0.3 is 24.4 Å². The highest BCUT2D eigenvalue weighted by molar-refractivity contribution is 6.00. The number of fused-ring (bicyclic) bond motifs is 6. The highest BCUT2D eigenvalue weighted by Crippen LogP contribution is 2.57. The number of phenolic OH excluding ortho intramolecular Hbond substituents is 2. The smallest absolute Gasteiger partial charge is 0.340 e. The molecule has 7 nitrogen and oxygen atoms in total. The number of rotatable bonds is 3. The molecule has 0 fully saturated rings. The van der Waals surface area contributed by atoms with Gasteiger partial charge in [-0.3, -0.25) is 0 Å². The van der Waals surface area contributed by atoms with E-state index >= 15 is 0 Å². The molecule has 0 unspecified atom stereocenters. The quantitative estimate of drug-likeness (QED) is 0.614. The van der Waals surface area contributed by atoms with Crippen molar-refractivity contribution in [2.75, 3.05) is 6.61 Å². The van der Waals surface area contributed by atoms with Gasteiger partial charge in [-0.25, -0.2) is 9.59 Å². The summed E-state index contributed by atoms with van der Waals surface area (Å²) >= 11 is 0. The van der Waals surface area contributed by atoms with Gasteiger partial charge in [0, 0.05) is 28.8 Å². The average molecular weight is 418 g/mol. The van der Waals surface area contributed by atoms with Gasteiger partial charge in [0.25, 0.3) is 0 Å². The van der Waals surface area contributed by atoms with E-state index in [-0.39, 0.29) is 29.2 Å². The maximum Gasteiger partial charge on any atom is 0.340 e. The number of aromatic hydroxyl groups is 2. The van der Waals surface area contributed by atoms with Gasteiger partial charge in [-0.1, -0.05) is 13.0 Å². The molecule has 156 valence electrons. The summed E-state index contributed by atoms with van der Waals surface area (Å²) < 4.78 is 17.1. The molecule has 0 aliphatic carbocycles. The van der Waals surface area contributed by atoms with Crippen LogP contribution in [-0.4, -0.2) is 28.8 Å². The molecule has 3 aromatic rings. The Kier molecular flexibility index (Phi) is 4.15. The molecular formula is C24H18O7. The number of ether oxygens (including phenoxy) is 3. The highest BCUT2D eigenvalue weighted by atomic mass is 16.6. The zero-order valence-corrected chi connectivity index (χ0v) is 16.5. The summed E-state index contributed by atoms with van der Waals surface area (Å²) in [6, 6.07) is 13.8. The van der Waals surface area contributed by atoms with Crippen molar-refractivity contribution >= 4 is 11.9 Å². The Morgan fingerprint density at radius 1 is 0.935 bits per heavy atom. The molecule has 0 saturated heterocycles. The SMILES string of the molecule is CCCOC(=O)c1ccc2c(c1)C(=O)OC21c2ccc(O)cc2Oc2cc(O)ccc21. The predicted octanol–water partition coefficient (Wildman–Crippen LogP) is 4.23. The molecule has 7 heteroatoms. The molecule has 0 radical (unpaired) electrons. The number of hydrogen-bond donors (Lipinski definition) is 2. The molecule has 3 aromatic carbocycles. The minimum Gasteiger partial charge on any atom is -0.508 e. The fourth-order valence-electron chi connectivity index (χ4n) is 4.11. The number of esters is 2. The first-order valence-electron chi connectivity index (χ1n) is 9.84. The lowest BCUT2D eigenvalue weighted by molar-refractivity contribution is 0.0224. The summed E-state index contributed by atoms with van der Waals surface area (Å²) in [6.07, 6.45) is 0.690. The average Bonchev–Trinajstić information content (AvgIpc) is 3.04. The Balaban J connectivity index is 1.73. The second-order valence-electron chi connectivity index (χ2n) is 7.43. The number of benzene rings is 3. The first-order chi connectivity index (χ1) is 14.9. The highest BCUT2D eigenvalue weighted by Gasteiger charge is 2.53. The largest absolute Gasteiger partial charge is 0.508 e. The van der Waals surface area contributed by atoms with Crippen LogP contribution in [0.1, 0.15) is 50.8 Å². The van der Waals surface area contributed by atoms with Crippen molar-refractivity contribution in [3.63, 3.8) is 0 Å². The van der Waals surface area contributed by atoms with Crippen molar-refractivity contribution < 1.29 is 34.0 Å². The molecule has 2 aliphatic heterocycles. The third kappa shape index (κ3) is 2.73. The molecule has 2 heterocycles. The monoisotopic (exact) mass is 418 g/mol. The van der Waals surface area contributed by atoms with E-state index < -0.39 is 17.5 Å².